The van der Waals surface area contributed by atoms with E-state index in [1.165, 1.54) is 13.8 Å². The Labute approximate surface area is 105 Å². The lowest BCUT2D eigenvalue weighted by Gasteiger charge is -2.46. The first kappa shape index (κ1) is 11.6. The number of hydrogen-bond donors (Lipinski definition) is 0. The van der Waals surface area contributed by atoms with E-state index < -0.39 is 17.3 Å². The SMILES string of the molecule is CC(=O)OC12C=COC1C1(OC(C)=O)CCC1C2. The summed E-state index contributed by atoms with van der Waals surface area (Å²) >= 11 is 0. The molecule has 2 aliphatic carbocycles. The predicted molar refractivity (Wildman–Crippen MR) is 60.3 cm³/mol. The molecule has 0 bridgehead atoms. The smallest absolute Gasteiger partial charge is 0.303 e. The Morgan fingerprint density at radius 2 is 2.00 bits per heavy atom. The molecule has 0 aromatic rings. The van der Waals surface area contributed by atoms with Crippen LogP contribution in [0.4, 0.5) is 0 Å². The van der Waals surface area contributed by atoms with Crippen molar-refractivity contribution in [1.29, 1.82) is 0 Å². The predicted octanol–water partition coefficient (Wildman–Crippen LogP) is 1.32. The van der Waals surface area contributed by atoms with E-state index in [1.54, 1.807) is 12.3 Å². The molecule has 3 rings (SSSR count). The Hall–Kier alpha value is -1.52. The number of carbonyl (C=O) groups excluding carboxylic acids is 2. The maximum Gasteiger partial charge on any atom is 0.303 e. The van der Waals surface area contributed by atoms with Gasteiger partial charge in [-0.1, -0.05) is 0 Å². The van der Waals surface area contributed by atoms with Gasteiger partial charge in [0.15, 0.2) is 17.3 Å². The molecule has 5 nitrogen and oxygen atoms in total. The molecule has 1 aliphatic heterocycles. The Morgan fingerprint density at radius 1 is 1.28 bits per heavy atom. The summed E-state index contributed by atoms with van der Waals surface area (Å²) in [4.78, 5) is 22.6. The van der Waals surface area contributed by atoms with Crippen molar-refractivity contribution < 1.29 is 23.8 Å². The minimum Gasteiger partial charge on any atom is -0.489 e. The quantitative estimate of drug-likeness (QED) is 0.693. The lowest BCUT2D eigenvalue weighted by molar-refractivity contribution is -0.201. The highest BCUT2D eigenvalue weighted by molar-refractivity contribution is 5.68. The summed E-state index contributed by atoms with van der Waals surface area (Å²) in [7, 11) is 0. The molecule has 0 spiro atoms. The van der Waals surface area contributed by atoms with Gasteiger partial charge in [-0.3, -0.25) is 9.59 Å². The number of fused-ring (bicyclic) bond motifs is 3. The molecule has 18 heavy (non-hydrogen) atoms. The summed E-state index contributed by atoms with van der Waals surface area (Å²) in [6, 6.07) is 0. The fraction of sp³-hybridized carbons (Fsp3) is 0.692. The van der Waals surface area contributed by atoms with Crippen LogP contribution >= 0.6 is 0 Å². The molecule has 0 radical (unpaired) electrons. The van der Waals surface area contributed by atoms with Crippen molar-refractivity contribution in [3.8, 4) is 0 Å². The lowest BCUT2D eigenvalue weighted by atomic mass is 9.70. The van der Waals surface area contributed by atoms with Gasteiger partial charge in [0.25, 0.3) is 0 Å². The second-order valence-electron chi connectivity index (χ2n) is 5.36. The van der Waals surface area contributed by atoms with Crippen molar-refractivity contribution in [2.45, 2.75) is 50.4 Å². The zero-order chi connectivity index (χ0) is 13.0. The van der Waals surface area contributed by atoms with Gasteiger partial charge in [-0.05, 0) is 18.9 Å². The van der Waals surface area contributed by atoms with Gasteiger partial charge in [0.05, 0.1) is 6.26 Å². The van der Waals surface area contributed by atoms with Crippen LogP contribution in [0.1, 0.15) is 33.1 Å². The van der Waals surface area contributed by atoms with Crippen molar-refractivity contribution in [3.05, 3.63) is 12.3 Å². The highest BCUT2D eigenvalue weighted by atomic mass is 16.6. The normalized spacial score (nSPS) is 43.4. The number of hydrogen-bond acceptors (Lipinski definition) is 5. The molecule has 2 saturated carbocycles. The first-order valence-corrected chi connectivity index (χ1v) is 6.21. The largest absolute Gasteiger partial charge is 0.489 e. The van der Waals surface area contributed by atoms with E-state index in [1.807, 2.05) is 0 Å². The lowest BCUT2D eigenvalue weighted by Crippen LogP contribution is -2.57. The summed E-state index contributed by atoms with van der Waals surface area (Å²) in [5.74, 6) is -0.432. The first-order valence-electron chi connectivity index (χ1n) is 6.21. The molecule has 5 heteroatoms. The van der Waals surface area contributed by atoms with Gasteiger partial charge in [-0.25, -0.2) is 0 Å². The molecule has 0 aromatic carbocycles. The third-order valence-electron chi connectivity index (χ3n) is 4.26. The van der Waals surface area contributed by atoms with Gasteiger partial charge >= 0.3 is 11.9 Å². The summed E-state index contributed by atoms with van der Waals surface area (Å²) in [5.41, 5.74) is -1.35. The molecule has 2 fully saturated rings. The van der Waals surface area contributed by atoms with Crippen LogP contribution in [0.25, 0.3) is 0 Å². The standard InChI is InChI=1S/C13H16O5/c1-8(14)17-12-5-6-16-11(12)13(18-9(2)15)4-3-10(13)7-12/h5-6,10-11H,3-4,7H2,1-2H3. The molecule has 0 N–H and O–H groups in total. The van der Waals surface area contributed by atoms with Crippen LogP contribution in [0.3, 0.4) is 0 Å². The molecular formula is C13H16O5. The zero-order valence-corrected chi connectivity index (χ0v) is 10.5. The van der Waals surface area contributed by atoms with Crippen molar-refractivity contribution in [3.63, 3.8) is 0 Å². The van der Waals surface area contributed by atoms with Gasteiger partial charge in [0.2, 0.25) is 0 Å². The minimum absolute atomic E-state index is 0.218. The van der Waals surface area contributed by atoms with E-state index in [2.05, 4.69) is 0 Å². The number of rotatable bonds is 2. The first-order chi connectivity index (χ1) is 8.48. The van der Waals surface area contributed by atoms with E-state index >= 15 is 0 Å². The molecule has 4 unspecified atom stereocenters. The highest BCUT2D eigenvalue weighted by Crippen LogP contribution is 2.61. The Bertz CT molecular complexity index is 443. The molecule has 3 aliphatic rings. The molecule has 0 amide bonds. The van der Waals surface area contributed by atoms with Crippen LogP contribution in [0, 0.1) is 5.92 Å². The van der Waals surface area contributed by atoms with Gasteiger partial charge < -0.3 is 14.2 Å². The second-order valence-corrected chi connectivity index (χ2v) is 5.36. The maximum atomic E-state index is 11.3. The Kier molecular flexibility index (Phi) is 2.24. The van der Waals surface area contributed by atoms with Gasteiger partial charge in [0.1, 0.15) is 0 Å². The van der Waals surface area contributed by atoms with E-state index in [0.29, 0.717) is 6.42 Å². The van der Waals surface area contributed by atoms with Crippen LogP contribution in [0.2, 0.25) is 0 Å². The van der Waals surface area contributed by atoms with E-state index in [0.717, 1.165) is 12.8 Å². The monoisotopic (exact) mass is 252 g/mol. The summed E-state index contributed by atoms with van der Waals surface area (Å²) in [5, 5.41) is 0. The zero-order valence-electron chi connectivity index (χ0n) is 10.5. The summed E-state index contributed by atoms with van der Waals surface area (Å²) in [6.07, 6.45) is 5.35. The van der Waals surface area contributed by atoms with Crippen LogP contribution in [0.5, 0.6) is 0 Å². The van der Waals surface area contributed by atoms with Crippen molar-refractivity contribution in [2.75, 3.05) is 0 Å². The van der Waals surface area contributed by atoms with E-state index in [9.17, 15) is 9.59 Å². The Balaban J connectivity index is 1.92. The molecular weight excluding hydrogens is 236 g/mol. The molecule has 1 heterocycles. The van der Waals surface area contributed by atoms with Crippen LogP contribution in [-0.4, -0.2) is 29.2 Å². The third-order valence-corrected chi connectivity index (χ3v) is 4.26. The molecule has 0 aromatic heterocycles. The molecule has 4 atom stereocenters. The van der Waals surface area contributed by atoms with Gasteiger partial charge in [-0.15, -0.1) is 0 Å². The van der Waals surface area contributed by atoms with Crippen LogP contribution in [0.15, 0.2) is 12.3 Å². The van der Waals surface area contributed by atoms with Crippen LogP contribution in [-0.2, 0) is 23.8 Å². The Morgan fingerprint density at radius 3 is 2.56 bits per heavy atom. The topological polar surface area (TPSA) is 61.8 Å². The number of esters is 2. The van der Waals surface area contributed by atoms with E-state index in [-0.39, 0.29) is 17.9 Å². The van der Waals surface area contributed by atoms with E-state index in [4.69, 9.17) is 14.2 Å². The minimum atomic E-state index is -0.748. The second kappa shape index (κ2) is 3.49. The van der Waals surface area contributed by atoms with Crippen molar-refractivity contribution >= 4 is 11.9 Å². The molecule has 0 saturated heterocycles. The summed E-state index contributed by atoms with van der Waals surface area (Å²) < 4.78 is 16.6. The summed E-state index contributed by atoms with van der Waals surface area (Å²) in [6.45, 7) is 2.79. The van der Waals surface area contributed by atoms with Gasteiger partial charge in [0, 0.05) is 26.2 Å². The third kappa shape index (κ3) is 1.33. The fourth-order valence-corrected chi connectivity index (χ4v) is 3.63. The average molecular weight is 252 g/mol. The maximum absolute atomic E-state index is 11.3. The number of ether oxygens (including phenoxy) is 3. The van der Waals surface area contributed by atoms with Gasteiger partial charge in [-0.2, -0.15) is 0 Å². The fourth-order valence-electron chi connectivity index (χ4n) is 3.63. The number of carbonyl (C=O) groups is 2. The van der Waals surface area contributed by atoms with Crippen molar-refractivity contribution in [2.24, 2.45) is 5.92 Å². The average Bonchev–Trinajstić information content (AvgIpc) is 2.69. The molecule has 98 valence electrons. The van der Waals surface area contributed by atoms with Crippen molar-refractivity contribution in [1.82, 2.24) is 0 Å². The van der Waals surface area contributed by atoms with Crippen LogP contribution < -0.4 is 0 Å². The highest BCUT2D eigenvalue weighted by Gasteiger charge is 2.72.